The third kappa shape index (κ3) is 5.01. The van der Waals surface area contributed by atoms with Gasteiger partial charge in [-0.3, -0.25) is 9.29 Å². The number of sulfonamides is 1. The van der Waals surface area contributed by atoms with Crippen molar-refractivity contribution in [1.82, 2.24) is 14.5 Å². The lowest BCUT2D eigenvalue weighted by Crippen LogP contribution is -2.09. The van der Waals surface area contributed by atoms with Crippen molar-refractivity contribution < 1.29 is 22.6 Å². The molecule has 0 spiro atoms. The molecular weight excluding hydrogens is 472 g/mol. The molecule has 0 unspecified atom stereocenters. The number of fused-ring (bicyclic) bond motifs is 1. The van der Waals surface area contributed by atoms with E-state index in [0.29, 0.717) is 45.9 Å². The molecule has 12 heteroatoms. The van der Waals surface area contributed by atoms with Gasteiger partial charge in [-0.15, -0.1) is 0 Å². The van der Waals surface area contributed by atoms with Gasteiger partial charge in [0.15, 0.2) is 11.5 Å². The van der Waals surface area contributed by atoms with Crippen LogP contribution in [-0.4, -0.2) is 57.6 Å². The summed E-state index contributed by atoms with van der Waals surface area (Å²) in [6.45, 7) is 0. The Kier molecular flexibility index (Phi) is 6.56. The Bertz CT molecular complexity index is 1460. The van der Waals surface area contributed by atoms with Crippen molar-refractivity contribution in [1.29, 1.82) is 0 Å². The highest BCUT2D eigenvalue weighted by Crippen LogP contribution is 2.40. The molecule has 0 radical (unpaired) electrons. The van der Waals surface area contributed by atoms with Gasteiger partial charge in [0.2, 0.25) is 21.7 Å². The predicted octanol–water partition coefficient (Wildman–Crippen LogP) is 3.60. The monoisotopic (exact) mass is 498 g/mol. The van der Waals surface area contributed by atoms with Crippen LogP contribution in [0.1, 0.15) is 0 Å². The lowest BCUT2D eigenvalue weighted by Gasteiger charge is -2.16. The van der Waals surface area contributed by atoms with E-state index >= 15 is 0 Å². The van der Waals surface area contributed by atoms with Crippen LogP contribution in [0.25, 0.3) is 16.7 Å². The van der Waals surface area contributed by atoms with Crippen molar-refractivity contribution in [2.45, 2.75) is 0 Å². The fraction of sp³-hybridized carbons (Fsp3) is 0.217. The average molecular weight is 499 g/mol. The van der Waals surface area contributed by atoms with E-state index in [4.69, 9.17) is 14.2 Å². The summed E-state index contributed by atoms with van der Waals surface area (Å²) in [4.78, 5) is 9.10. The molecule has 2 aromatic heterocycles. The molecule has 0 fully saturated rings. The van der Waals surface area contributed by atoms with E-state index in [1.807, 2.05) is 28.8 Å². The van der Waals surface area contributed by atoms with Crippen LogP contribution in [0.2, 0.25) is 0 Å². The van der Waals surface area contributed by atoms with Gasteiger partial charge in [0, 0.05) is 30.9 Å². The Balaban J connectivity index is 1.79. The summed E-state index contributed by atoms with van der Waals surface area (Å²) in [5, 5.41) is 6.33. The first-order valence-corrected chi connectivity index (χ1v) is 12.4. The van der Waals surface area contributed by atoms with E-state index in [1.165, 1.54) is 0 Å². The maximum Gasteiger partial charge on any atom is 0.229 e. The summed E-state index contributed by atoms with van der Waals surface area (Å²) in [6, 6.07) is 12.4. The van der Waals surface area contributed by atoms with Crippen molar-refractivity contribution in [3.05, 3.63) is 48.7 Å². The lowest BCUT2D eigenvalue weighted by molar-refractivity contribution is 0.324. The minimum Gasteiger partial charge on any atom is -0.493 e. The number of rotatable bonds is 9. The van der Waals surface area contributed by atoms with Crippen molar-refractivity contribution in [2.75, 3.05) is 50.0 Å². The van der Waals surface area contributed by atoms with Crippen LogP contribution in [0.5, 0.6) is 17.2 Å². The first-order valence-electron chi connectivity index (χ1n) is 10.5. The molecule has 4 rings (SSSR count). The second-order valence-electron chi connectivity index (χ2n) is 7.54. The molecule has 0 aliphatic heterocycles. The lowest BCUT2D eigenvalue weighted by atomic mass is 10.2. The van der Waals surface area contributed by atoms with Crippen LogP contribution in [0, 0.1) is 0 Å². The van der Waals surface area contributed by atoms with E-state index in [0.717, 1.165) is 17.5 Å². The minimum atomic E-state index is -3.39. The Hall–Kier alpha value is -4.19. The standard InChI is InChI=1S/C23H26N6O5S/c1-24-23-27-17-13-25-21(26-14-7-6-8-15(9-14)28-35(5,30)31)12-18(17)29(23)16-10-19(32-2)22(34-4)20(11-16)33-3/h6-13,28H,1-5H3,(H,24,27)(H,25,26). The zero-order valence-corrected chi connectivity index (χ0v) is 20.7. The first-order chi connectivity index (χ1) is 16.8. The number of anilines is 4. The topological polar surface area (TPSA) is 129 Å². The largest absolute Gasteiger partial charge is 0.493 e. The molecule has 3 N–H and O–H groups in total. The highest BCUT2D eigenvalue weighted by atomic mass is 32.2. The van der Waals surface area contributed by atoms with Gasteiger partial charge in [-0.1, -0.05) is 6.07 Å². The third-order valence-corrected chi connectivity index (χ3v) is 5.72. The summed E-state index contributed by atoms with van der Waals surface area (Å²) < 4.78 is 44.0. The van der Waals surface area contributed by atoms with Crippen LogP contribution in [0.3, 0.4) is 0 Å². The number of nitrogens with zero attached hydrogens (tertiary/aromatic N) is 3. The Morgan fingerprint density at radius 3 is 2.23 bits per heavy atom. The van der Waals surface area contributed by atoms with E-state index in [9.17, 15) is 8.42 Å². The number of methoxy groups -OCH3 is 3. The second kappa shape index (κ2) is 9.58. The second-order valence-corrected chi connectivity index (χ2v) is 9.29. The van der Waals surface area contributed by atoms with Crippen molar-refractivity contribution in [3.63, 3.8) is 0 Å². The molecule has 0 bridgehead atoms. The first kappa shape index (κ1) is 24.0. The molecule has 184 valence electrons. The summed E-state index contributed by atoms with van der Waals surface area (Å²) in [5.41, 5.74) is 3.28. The van der Waals surface area contributed by atoms with E-state index < -0.39 is 10.0 Å². The smallest absolute Gasteiger partial charge is 0.229 e. The number of aromatic nitrogens is 3. The highest BCUT2D eigenvalue weighted by Gasteiger charge is 2.19. The maximum absolute atomic E-state index is 11.6. The van der Waals surface area contributed by atoms with Gasteiger partial charge >= 0.3 is 0 Å². The van der Waals surface area contributed by atoms with Gasteiger partial charge in [-0.05, 0) is 18.2 Å². The quantitative estimate of drug-likeness (QED) is 0.317. The number of hydrogen-bond donors (Lipinski definition) is 3. The molecule has 4 aromatic rings. The van der Waals surface area contributed by atoms with Gasteiger partial charge in [0.1, 0.15) is 11.3 Å². The number of benzene rings is 2. The van der Waals surface area contributed by atoms with Crippen LogP contribution < -0.4 is 29.6 Å². The van der Waals surface area contributed by atoms with Crippen molar-refractivity contribution in [2.24, 2.45) is 0 Å². The van der Waals surface area contributed by atoms with Crippen LogP contribution >= 0.6 is 0 Å². The normalized spacial score (nSPS) is 11.2. The minimum absolute atomic E-state index is 0.443. The SMILES string of the molecule is CNc1nc2cnc(Nc3cccc(NS(C)(=O)=O)c3)cc2n1-c1cc(OC)c(OC)c(OC)c1. The molecule has 0 amide bonds. The van der Waals surface area contributed by atoms with Crippen molar-refractivity contribution in [3.8, 4) is 22.9 Å². The molecule has 0 aliphatic rings. The highest BCUT2D eigenvalue weighted by molar-refractivity contribution is 7.92. The zero-order valence-electron chi connectivity index (χ0n) is 19.9. The fourth-order valence-electron chi connectivity index (χ4n) is 3.70. The van der Waals surface area contributed by atoms with Crippen LogP contribution in [0.15, 0.2) is 48.7 Å². The van der Waals surface area contributed by atoms with Gasteiger partial charge in [0.05, 0.1) is 50.7 Å². The van der Waals surface area contributed by atoms with Crippen molar-refractivity contribution >= 4 is 44.2 Å². The molecule has 11 nitrogen and oxygen atoms in total. The number of imidazole rings is 1. The van der Waals surface area contributed by atoms with Gasteiger partial charge < -0.3 is 24.8 Å². The molecule has 2 aromatic carbocycles. The summed E-state index contributed by atoms with van der Waals surface area (Å²) >= 11 is 0. The molecule has 0 aliphatic carbocycles. The maximum atomic E-state index is 11.6. The number of ether oxygens (including phenoxy) is 3. The number of pyridine rings is 1. The third-order valence-electron chi connectivity index (χ3n) is 5.11. The van der Waals surface area contributed by atoms with E-state index in [1.54, 1.807) is 52.8 Å². The van der Waals surface area contributed by atoms with Gasteiger partial charge in [0.25, 0.3) is 0 Å². The van der Waals surface area contributed by atoms with E-state index in [-0.39, 0.29) is 0 Å². The zero-order chi connectivity index (χ0) is 25.2. The molecule has 0 saturated carbocycles. The number of nitrogens with one attached hydrogen (secondary N) is 3. The molecule has 2 heterocycles. The molecule has 35 heavy (non-hydrogen) atoms. The average Bonchev–Trinajstić information content (AvgIpc) is 3.20. The van der Waals surface area contributed by atoms with E-state index in [2.05, 4.69) is 25.3 Å². The fourth-order valence-corrected chi connectivity index (χ4v) is 4.25. The number of hydrogen-bond acceptors (Lipinski definition) is 9. The van der Waals surface area contributed by atoms with Crippen LogP contribution in [-0.2, 0) is 10.0 Å². The Labute approximate surface area is 203 Å². The van der Waals surface area contributed by atoms with Gasteiger partial charge in [-0.2, -0.15) is 0 Å². The predicted molar refractivity (Wildman–Crippen MR) is 136 cm³/mol. The van der Waals surface area contributed by atoms with Crippen LogP contribution in [0.4, 0.5) is 23.1 Å². The van der Waals surface area contributed by atoms with Gasteiger partial charge in [-0.25, -0.2) is 18.4 Å². The molecule has 0 saturated heterocycles. The summed E-state index contributed by atoms with van der Waals surface area (Å²) in [7, 11) is 3.06. The molecular formula is C23H26N6O5S. The summed E-state index contributed by atoms with van der Waals surface area (Å²) in [5.74, 6) is 2.64. The Morgan fingerprint density at radius 2 is 1.63 bits per heavy atom. The molecule has 0 atom stereocenters. The Morgan fingerprint density at radius 1 is 0.943 bits per heavy atom. The summed E-state index contributed by atoms with van der Waals surface area (Å²) in [6.07, 6.45) is 2.76.